The molecule has 1 aromatic heterocycles. The van der Waals surface area contributed by atoms with E-state index in [1.54, 1.807) is 17.4 Å². The summed E-state index contributed by atoms with van der Waals surface area (Å²) in [6, 6.07) is 3.95. The molecule has 0 spiro atoms. The Labute approximate surface area is 82.3 Å². The molecule has 0 aromatic carbocycles. The average molecular weight is 192 g/mol. The summed E-state index contributed by atoms with van der Waals surface area (Å²) in [5.41, 5.74) is 1.16. The van der Waals surface area contributed by atoms with Gasteiger partial charge in [0.2, 0.25) is 0 Å². The summed E-state index contributed by atoms with van der Waals surface area (Å²) in [5, 5.41) is 4.47. The largest absolute Gasteiger partial charge is 0.368 e. The van der Waals surface area contributed by atoms with E-state index >= 15 is 0 Å². The van der Waals surface area contributed by atoms with Gasteiger partial charge in [0, 0.05) is 31.2 Å². The van der Waals surface area contributed by atoms with E-state index in [0.717, 1.165) is 18.8 Å². The lowest BCUT2D eigenvalue weighted by molar-refractivity contribution is 0.267. The van der Waals surface area contributed by atoms with E-state index < -0.39 is 0 Å². The number of pyridine rings is 1. The van der Waals surface area contributed by atoms with Crippen molar-refractivity contribution in [2.45, 2.75) is 0 Å². The number of anilines is 1. The minimum Gasteiger partial charge on any atom is -0.368 e. The third-order valence-corrected chi connectivity index (χ3v) is 2.40. The van der Waals surface area contributed by atoms with Crippen LogP contribution in [0.25, 0.3) is 0 Å². The fraction of sp³-hybridized carbons (Fsp3) is 0.444. The molecule has 14 heavy (non-hydrogen) atoms. The predicted octanol–water partition coefficient (Wildman–Crippen LogP) is 0.885. The van der Waals surface area contributed by atoms with Crippen molar-refractivity contribution >= 4 is 5.69 Å². The van der Waals surface area contributed by atoms with Crippen LogP contribution in [-0.4, -0.2) is 36.2 Å². The first-order chi connectivity index (χ1) is 6.90. The van der Waals surface area contributed by atoms with Gasteiger partial charge in [-0.25, -0.2) is 0 Å². The Bertz CT molecular complexity index is 295. The van der Waals surface area contributed by atoms with Gasteiger partial charge in [0.1, 0.15) is 0 Å². The van der Waals surface area contributed by atoms with Crippen LogP contribution in [0.5, 0.6) is 0 Å². The first kappa shape index (κ1) is 8.93. The van der Waals surface area contributed by atoms with Crippen LogP contribution in [0.2, 0.25) is 0 Å². The fourth-order valence-electron chi connectivity index (χ4n) is 1.59. The second-order valence-electron chi connectivity index (χ2n) is 3.23. The van der Waals surface area contributed by atoms with Gasteiger partial charge in [-0.1, -0.05) is 0 Å². The molecule has 2 heterocycles. The highest BCUT2D eigenvalue weighted by molar-refractivity contribution is 5.44. The average Bonchev–Trinajstić information content (AvgIpc) is 2.30. The molecule has 0 bridgehead atoms. The van der Waals surface area contributed by atoms with Crippen molar-refractivity contribution in [2.75, 3.05) is 31.1 Å². The number of piperazine rings is 1. The Kier molecular flexibility index (Phi) is 2.58. The lowest BCUT2D eigenvalue weighted by Crippen LogP contribution is -2.43. The van der Waals surface area contributed by atoms with Crippen molar-refractivity contribution in [1.29, 1.82) is 0 Å². The van der Waals surface area contributed by atoms with Gasteiger partial charge < -0.3 is 4.90 Å². The number of rotatable bonds is 2. The van der Waals surface area contributed by atoms with Crippen LogP contribution in [0, 0.1) is 4.91 Å². The molecule has 74 valence electrons. The van der Waals surface area contributed by atoms with E-state index in [1.165, 1.54) is 0 Å². The predicted molar refractivity (Wildman–Crippen MR) is 53.8 cm³/mol. The Balaban J connectivity index is 1.99. The van der Waals surface area contributed by atoms with Crippen molar-refractivity contribution < 1.29 is 0 Å². The van der Waals surface area contributed by atoms with Gasteiger partial charge in [0.15, 0.2) is 0 Å². The Morgan fingerprint density at radius 3 is 2.36 bits per heavy atom. The first-order valence-electron chi connectivity index (χ1n) is 4.63. The van der Waals surface area contributed by atoms with Crippen LogP contribution in [0.3, 0.4) is 0 Å². The maximum Gasteiger partial charge on any atom is 0.0568 e. The molecule has 0 aliphatic carbocycles. The van der Waals surface area contributed by atoms with Crippen molar-refractivity contribution in [3.63, 3.8) is 0 Å². The lowest BCUT2D eigenvalue weighted by Gasteiger charge is -2.32. The van der Waals surface area contributed by atoms with E-state index in [-0.39, 0.29) is 0 Å². The highest BCUT2D eigenvalue weighted by atomic mass is 16.3. The van der Waals surface area contributed by atoms with Crippen LogP contribution < -0.4 is 4.90 Å². The molecule has 1 fully saturated rings. The van der Waals surface area contributed by atoms with Crippen molar-refractivity contribution in [1.82, 2.24) is 9.99 Å². The molecule has 0 radical (unpaired) electrons. The standard InChI is InChI=1S/C9H12N4O/c14-11-13-7-5-12(6-8-13)9-1-3-10-4-2-9/h1-4H,5-8H2. The van der Waals surface area contributed by atoms with Crippen LogP contribution in [0.1, 0.15) is 0 Å². The molecule has 0 saturated carbocycles. The molecular formula is C9H12N4O. The Hall–Kier alpha value is -1.65. The second-order valence-corrected chi connectivity index (χ2v) is 3.23. The van der Waals surface area contributed by atoms with Crippen LogP contribution in [0.4, 0.5) is 5.69 Å². The highest BCUT2D eigenvalue weighted by Crippen LogP contribution is 2.14. The van der Waals surface area contributed by atoms with Gasteiger partial charge in [-0.05, 0) is 12.1 Å². The van der Waals surface area contributed by atoms with E-state index in [9.17, 15) is 4.91 Å². The van der Waals surface area contributed by atoms with Gasteiger partial charge in [-0.3, -0.25) is 9.99 Å². The summed E-state index contributed by atoms with van der Waals surface area (Å²) < 4.78 is 0. The minimum absolute atomic E-state index is 0.700. The SMILES string of the molecule is O=NN1CCN(c2ccncc2)CC1. The van der Waals surface area contributed by atoms with Crippen LogP contribution in [0.15, 0.2) is 29.8 Å². The topological polar surface area (TPSA) is 48.8 Å². The van der Waals surface area contributed by atoms with Gasteiger partial charge in [0.25, 0.3) is 0 Å². The summed E-state index contributed by atoms with van der Waals surface area (Å²) in [7, 11) is 0. The molecule has 5 heteroatoms. The lowest BCUT2D eigenvalue weighted by atomic mass is 10.3. The normalized spacial score (nSPS) is 16.9. The van der Waals surface area contributed by atoms with Gasteiger partial charge in [-0.15, -0.1) is 4.91 Å². The molecule has 1 aromatic rings. The summed E-state index contributed by atoms with van der Waals surface area (Å²) in [6.07, 6.45) is 3.55. The molecule has 1 aliphatic heterocycles. The van der Waals surface area contributed by atoms with Crippen molar-refractivity contribution in [3.8, 4) is 0 Å². The third-order valence-electron chi connectivity index (χ3n) is 2.40. The smallest absolute Gasteiger partial charge is 0.0568 e. The highest BCUT2D eigenvalue weighted by Gasteiger charge is 2.15. The third kappa shape index (κ3) is 1.81. The number of hydrogen-bond donors (Lipinski definition) is 0. The Morgan fingerprint density at radius 1 is 1.14 bits per heavy atom. The van der Waals surface area contributed by atoms with E-state index in [0.29, 0.717) is 13.1 Å². The maximum absolute atomic E-state index is 10.3. The molecule has 1 saturated heterocycles. The summed E-state index contributed by atoms with van der Waals surface area (Å²) in [4.78, 5) is 16.4. The number of hydrogen-bond acceptors (Lipinski definition) is 4. The van der Waals surface area contributed by atoms with Crippen LogP contribution in [-0.2, 0) is 0 Å². The molecule has 2 rings (SSSR count). The molecule has 0 N–H and O–H groups in total. The molecule has 1 aliphatic rings. The maximum atomic E-state index is 10.3. The summed E-state index contributed by atoms with van der Waals surface area (Å²) in [6.45, 7) is 3.09. The van der Waals surface area contributed by atoms with Crippen LogP contribution >= 0.6 is 0 Å². The number of aromatic nitrogens is 1. The molecule has 0 atom stereocenters. The van der Waals surface area contributed by atoms with Gasteiger partial charge in [0.05, 0.1) is 18.4 Å². The van der Waals surface area contributed by atoms with Crippen molar-refractivity contribution in [3.05, 3.63) is 29.4 Å². The Morgan fingerprint density at radius 2 is 1.79 bits per heavy atom. The number of nitroso groups, excluding NO2 is 1. The number of nitrogens with zero attached hydrogens (tertiary/aromatic N) is 4. The van der Waals surface area contributed by atoms with Crippen molar-refractivity contribution in [2.24, 2.45) is 5.29 Å². The van der Waals surface area contributed by atoms with Gasteiger partial charge >= 0.3 is 0 Å². The first-order valence-corrected chi connectivity index (χ1v) is 4.63. The van der Waals surface area contributed by atoms with E-state index in [1.807, 2.05) is 12.1 Å². The van der Waals surface area contributed by atoms with E-state index in [4.69, 9.17) is 0 Å². The zero-order valence-corrected chi connectivity index (χ0v) is 7.83. The van der Waals surface area contributed by atoms with Gasteiger partial charge in [-0.2, -0.15) is 0 Å². The quantitative estimate of drug-likeness (QED) is 0.653. The zero-order valence-electron chi connectivity index (χ0n) is 7.83. The van der Waals surface area contributed by atoms with E-state index in [2.05, 4.69) is 15.2 Å². The monoisotopic (exact) mass is 192 g/mol. The summed E-state index contributed by atoms with van der Waals surface area (Å²) >= 11 is 0. The molecule has 0 unspecified atom stereocenters. The summed E-state index contributed by atoms with van der Waals surface area (Å²) in [5.74, 6) is 0. The molecule has 0 amide bonds. The molecule has 5 nitrogen and oxygen atoms in total. The zero-order chi connectivity index (χ0) is 9.80. The second kappa shape index (κ2) is 4.04. The minimum atomic E-state index is 0.700. The molecular weight excluding hydrogens is 180 g/mol. The fourth-order valence-corrected chi connectivity index (χ4v) is 1.59.